The van der Waals surface area contributed by atoms with Crippen molar-refractivity contribution < 1.29 is 18.0 Å². The molecule has 1 aromatic carbocycles. The summed E-state index contributed by atoms with van der Waals surface area (Å²) in [5, 5.41) is 0. The topological polar surface area (TPSA) is 73.8 Å². The summed E-state index contributed by atoms with van der Waals surface area (Å²) in [5.74, 6) is -0.255. The van der Waals surface area contributed by atoms with E-state index in [2.05, 4.69) is 9.97 Å². The summed E-state index contributed by atoms with van der Waals surface area (Å²) in [7, 11) is 0. The van der Waals surface area contributed by atoms with E-state index in [1.165, 1.54) is 22.9 Å². The van der Waals surface area contributed by atoms with Gasteiger partial charge in [-0.1, -0.05) is 12.1 Å². The normalized spacial score (nSPS) is 11.8. The van der Waals surface area contributed by atoms with Crippen LogP contribution in [0, 0.1) is 0 Å². The lowest BCUT2D eigenvalue weighted by atomic mass is 10.1. The van der Waals surface area contributed by atoms with Gasteiger partial charge in [0.15, 0.2) is 5.65 Å². The molecule has 0 spiro atoms. The van der Waals surface area contributed by atoms with Crippen molar-refractivity contribution in [1.82, 2.24) is 14.5 Å². The Balaban J connectivity index is 2.13. The van der Waals surface area contributed by atoms with Crippen LogP contribution in [0.5, 0.6) is 0 Å². The van der Waals surface area contributed by atoms with Gasteiger partial charge >= 0.3 is 6.18 Å². The zero-order chi connectivity index (χ0) is 16.6. The fourth-order valence-electron chi connectivity index (χ4n) is 2.29. The summed E-state index contributed by atoms with van der Waals surface area (Å²) in [6.07, 6.45) is -2.87. The van der Waals surface area contributed by atoms with Gasteiger partial charge in [0.25, 0.3) is 0 Å². The van der Waals surface area contributed by atoms with Crippen LogP contribution in [-0.2, 0) is 17.5 Å². The van der Waals surface area contributed by atoms with Gasteiger partial charge in [0.1, 0.15) is 17.9 Å². The molecule has 1 amide bonds. The summed E-state index contributed by atoms with van der Waals surface area (Å²) < 4.78 is 39.4. The molecule has 2 N–H and O–H groups in total. The fraction of sp³-hybridized carbons (Fsp3) is 0.133. The van der Waals surface area contributed by atoms with E-state index in [9.17, 15) is 18.0 Å². The second kappa shape index (κ2) is 5.38. The molecular weight excluding hydrogens is 309 g/mol. The van der Waals surface area contributed by atoms with Crippen molar-refractivity contribution in [3.63, 3.8) is 0 Å². The van der Waals surface area contributed by atoms with Crippen molar-refractivity contribution >= 4 is 17.1 Å². The van der Waals surface area contributed by atoms with Crippen LogP contribution < -0.4 is 5.73 Å². The quantitative estimate of drug-likeness (QED) is 0.806. The highest BCUT2D eigenvalue weighted by Crippen LogP contribution is 2.31. The van der Waals surface area contributed by atoms with E-state index in [0.717, 1.165) is 12.1 Å². The van der Waals surface area contributed by atoms with Gasteiger partial charge < -0.3 is 5.73 Å². The maximum atomic E-state index is 12.6. The second-order valence-corrected chi connectivity index (χ2v) is 4.91. The maximum absolute atomic E-state index is 12.6. The molecule has 0 fully saturated rings. The largest absolute Gasteiger partial charge is 0.416 e. The highest BCUT2D eigenvalue weighted by Gasteiger charge is 2.30. The Morgan fingerprint density at radius 3 is 2.48 bits per heavy atom. The van der Waals surface area contributed by atoms with Gasteiger partial charge in [-0.25, -0.2) is 9.97 Å². The summed E-state index contributed by atoms with van der Waals surface area (Å²) in [5.41, 5.74) is 5.90. The Morgan fingerprint density at radius 1 is 1.17 bits per heavy atom. The van der Waals surface area contributed by atoms with Gasteiger partial charge in [-0.15, -0.1) is 0 Å². The number of alkyl halides is 3. The van der Waals surface area contributed by atoms with E-state index in [4.69, 9.17) is 5.73 Å². The third-order valence-electron chi connectivity index (χ3n) is 3.29. The molecule has 0 unspecified atom stereocenters. The average molecular weight is 320 g/mol. The number of primary amides is 1. The number of benzene rings is 1. The van der Waals surface area contributed by atoms with Gasteiger partial charge in [-0.05, 0) is 24.3 Å². The number of hydrogen-bond donors (Lipinski definition) is 1. The number of halogens is 3. The van der Waals surface area contributed by atoms with Crippen molar-refractivity contribution in [2.24, 2.45) is 5.73 Å². The summed E-state index contributed by atoms with van der Waals surface area (Å²) in [6.45, 7) is -0.163. The average Bonchev–Trinajstić information content (AvgIpc) is 2.85. The minimum Gasteiger partial charge on any atom is -0.368 e. The van der Waals surface area contributed by atoms with E-state index in [1.54, 1.807) is 12.1 Å². The number of hydrogen-bond acceptors (Lipinski definition) is 3. The molecule has 3 rings (SSSR count). The number of pyridine rings is 1. The molecule has 0 saturated carbocycles. The first-order valence-corrected chi connectivity index (χ1v) is 6.63. The van der Waals surface area contributed by atoms with Crippen LogP contribution in [0.2, 0.25) is 0 Å². The van der Waals surface area contributed by atoms with Gasteiger partial charge in [0.05, 0.1) is 5.56 Å². The first-order valence-electron chi connectivity index (χ1n) is 6.63. The molecule has 0 saturated heterocycles. The molecule has 0 aliphatic rings. The zero-order valence-electron chi connectivity index (χ0n) is 11.7. The molecule has 3 aromatic rings. The van der Waals surface area contributed by atoms with Crippen LogP contribution in [0.3, 0.4) is 0 Å². The number of carbonyl (C=O) groups is 1. The molecule has 2 aromatic heterocycles. The number of aromatic nitrogens is 3. The van der Waals surface area contributed by atoms with Crippen LogP contribution in [0.25, 0.3) is 22.6 Å². The number of fused-ring (bicyclic) bond motifs is 1. The van der Waals surface area contributed by atoms with Gasteiger partial charge in [-0.2, -0.15) is 13.2 Å². The molecule has 0 radical (unpaired) electrons. The molecule has 0 aliphatic carbocycles. The molecule has 23 heavy (non-hydrogen) atoms. The van der Waals surface area contributed by atoms with Crippen molar-refractivity contribution in [3.05, 3.63) is 48.2 Å². The molecule has 2 heterocycles. The van der Waals surface area contributed by atoms with E-state index in [-0.39, 0.29) is 6.54 Å². The highest BCUT2D eigenvalue weighted by molar-refractivity contribution is 5.81. The lowest BCUT2D eigenvalue weighted by molar-refractivity contribution is -0.137. The Hall–Kier alpha value is -2.90. The maximum Gasteiger partial charge on any atom is 0.416 e. The predicted molar refractivity (Wildman–Crippen MR) is 77.2 cm³/mol. The zero-order valence-corrected chi connectivity index (χ0v) is 11.7. The Kier molecular flexibility index (Phi) is 3.51. The monoisotopic (exact) mass is 320 g/mol. The highest BCUT2D eigenvalue weighted by atomic mass is 19.4. The van der Waals surface area contributed by atoms with E-state index < -0.39 is 17.6 Å². The van der Waals surface area contributed by atoms with Crippen molar-refractivity contribution in [2.45, 2.75) is 12.7 Å². The summed E-state index contributed by atoms with van der Waals surface area (Å²) in [6, 6.07) is 7.93. The van der Waals surface area contributed by atoms with Crippen molar-refractivity contribution in [1.29, 1.82) is 0 Å². The molecular formula is C15H11F3N4O. The van der Waals surface area contributed by atoms with Crippen molar-refractivity contribution in [3.8, 4) is 11.4 Å². The Morgan fingerprint density at radius 2 is 1.87 bits per heavy atom. The van der Waals surface area contributed by atoms with Crippen LogP contribution in [0.1, 0.15) is 5.56 Å². The number of rotatable bonds is 3. The Bertz CT molecular complexity index is 869. The number of carbonyl (C=O) groups excluding carboxylic acids is 1. The third-order valence-corrected chi connectivity index (χ3v) is 3.29. The van der Waals surface area contributed by atoms with Crippen LogP contribution in [-0.4, -0.2) is 20.4 Å². The number of nitrogens with zero attached hydrogens (tertiary/aromatic N) is 3. The van der Waals surface area contributed by atoms with Crippen LogP contribution in [0.4, 0.5) is 13.2 Å². The van der Waals surface area contributed by atoms with Crippen molar-refractivity contribution in [2.75, 3.05) is 0 Å². The molecule has 118 valence electrons. The lowest BCUT2D eigenvalue weighted by Crippen LogP contribution is -2.19. The number of imidazole rings is 1. The van der Waals surface area contributed by atoms with E-state index in [0.29, 0.717) is 22.6 Å². The van der Waals surface area contributed by atoms with Gasteiger partial charge in [0.2, 0.25) is 5.91 Å². The fourth-order valence-corrected chi connectivity index (χ4v) is 2.29. The first kappa shape index (κ1) is 15.0. The minimum absolute atomic E-state index is 0.163. The molecule has 0 aliphatic heterocycles. The predicted octanol–water partition coefficient (Wildman–Crippen LogP) is 2.60. The van der Waals surface area contributed by atoms with Gasteiger partial charge in [-0.3, -0.25) is 9.36 Å². The summed E-state index contributed by atoms with van der Waals surface area (Å²) in [4.78, 5) is 19.8. The number of amides is 1. The number of nitrogens with two attached hydrogens (primary N) is 1. The molecule has 0 bridgehead atoms. The van der Waals surface area contributed by atoms with Crippen LogP contribution in [0.15, 0.2) is 42.6 Å². The Labute approximate surface area is 128 Å². The van der Waals surface area contributed by atoms with Crippen LogP contribution >= 0.6 is 0 Å². The standard InChI is InChI=1S/C15H11F3N4O/c16-15(17,18)10-5-3-9(4-6-10)13-21-11-2-1-7-20-14(11)22(13)8-12(19)23/h1-7H,8H2,(H2,19,23). The summed E-state index contributed by atoms with van der Waals surface area (Å²) >= 11 is 0. The SMILES string of the molecule is NC(=O)Cn1c(-c2ccc(C(F)(F)F)cc2)nc2cccnc21. The smallest absolute Gasteiger partial charge is 0.368 e. The first-order chi connectivity index (χ1) is 10.9. The van der Waals surface area contributed by atoms with E-state index >= 15 is 0 Å². The lowest BCUT2D eigenvalue weighted by Gasteiger charge is -2.09. The second-order valence-electron chi connectivity index (χ2n) is 4.91. The van der Waals surface area contributed by atoms with Gasteiger partial charge in [0, 0.05) is 11.8 Å². The molecule has 5 nitrogen and oxygen atoms in total. The minimum atomic E-state index is -4.41. The molecule has 0 atom stereocenters. The molecule has 8 heteroatoms. The third kappa shape index (κ3) is 2.87. The van der Waals surface area contributed by atoms with E-state index in [1.807, 2.05) is 0 Å².